The summed E-state index contributed by atoms with van der Waals surface area (Å²) in [4.78, 5) is 15.8. The van der Waals surface area contributed by atoms with Crippen molar-refractivity contribution in [2.24, 2.45) is 0 Å². The lowest BCUT2D eigenvalue weighted by Gasteiger charge is -2.04. The SMILES string of the molecule is COC(=O)c1sc(NCc2cccc(CO)c2)nc1Cl. The molecule has 2 N–H and O–H groups in total. The summed E-state index contributed by atoms with van der Waals surface area (Å²) in [6.45, 7) is 0.529. The van der Waals surface area contributed by atoms with Gasteiger partial charge in [-0.15, -0.1) is 0 Å². The van der Waals surface area contributed by atoms with E-state index >= 15 is 0 Å². The van der Waals surface area contributed by atoms with Crippen LogP contribution < -0.4 is 5.32 Å². The van der Waals surface area contributed by atoms with Crippen LogP contribution in [0.2, 0.25) is 5.15 Å². The number of aliphatic hydroxyl groups excluding tert-OH is 1. The lowest BCUT2D eigenvalue weighted by atomic mass is 10.1. The van der Waals surface area contributed by atoms with E-state index in [0.29, 0.717) is 11.7 Å². The molecule has 0 spiro atoms. The molecule has 0 saturated carbocycles. The topological polar surface area (TPSA) is 71.5 Å². The van der Waals surface area contributed by atoms with Gasteiger partial charge >= 0.3 is 5.97 Å². The first kappa shape index (κ1) is 14.8. The van der Waals surface area contributed by atoms with Gasteiger partial charge in [0, 0.05) is 6.54 Å². The molecular formula is C13H13ClN2O3S. The summed E-state index contributed by atoms with van der Waals surface area (Å²) in [6.07, 6.45) is 0. The number of esters is 1. The third-order valence-electron chi connectivity index (χ3n) is 2.57. The van der Waals surface area contributed by atoms with E-state index in [4.69, 9.17) is 16.7 Å². The van der Waals surface area contributed by atoms with Crippen molar-refractivity contribution in [3.05, 3.63) is 45.4 Å². The molecule has 0 aliphatic heterocycles. The summed E-state index contributed by atoms with van der Waals surface area (Å²) in [6, 6.07) is 7.54. The van der Waals surface area contributed by atoms with Gasteiger partial charge in [-0.3, -0.25) is 0 Å². The van der Waals surface area contributed by atoms with Gasteiger partial charge in [-0.2, -0.15) is 0 Å². The molecule has 2 rings (SSSR count). The molecule has 0 radical (unpaired) electrons. The zero-order chi connectivity index (χ0) is 14.5. The van der Waals surface area contributed by atoms with E-state index in [0.717, 1.165) is 22.5 Å². The average molecular weight is 313 g/mol. The Kier molecular flexibility index (Phi) is 4.94. The number of benzene rings is 1. The molecule has 106 valence electrons. The van der Waals surface area contributed by atoms with Crippen molar-refractivity contribution in [1.29, 1.82) is 0 Å². The highest BCUT2D eigenvalue weighted by Gasteiger charge is 2.17. The van der Waals surface area contributed by atoms with Crippen LogP contribution >= 0.6 is 22.9 Å². The normalized spacial score (nSPS) is 10.3. The van der Waals surface area contributed by atoms with Crippen LogP contribution in [0.4, 0.5) is 5.13 Å². The minimum atomic E-state index is -0.497. The third kappa shape index (κ3) is 3.47. The van der Waals surface area contributed by atoms with Gasteiger partial charge in [-0.1, -0.05) is 47.2 Å². The summed E-state index contributed by atoms with van der Waals surface area (Å²) in [5.41, 5.74) is 1.85. The first-order valence-corrected chi connectivity index (χ1v) is 7.00. The number of thiazole rings is 1. The summed E-state index contributed by atoms with van der Waals surface area (Å²) in [7, 11) is 1.30. The molecular weight excluding hydrogens is 300 g/mol. The van der Waals surface area contributed by atoms with Crippen molar-refractivity contribution in [2.75, 3.05) is 12.4 Å². The number of hydrogen-bond donors (Lipinski definition) is 2. The van der Waals surface area contributed by atoms with Crippen molar-refractivity contribution >= 4 is 34.0 Å². The second-order valence-electron chi connectivity index (χ2n) is 3.96. The third-order valence-corrected chi connectivity index (χ3v) is 3.95. The van der Waals surface area contributed by atoms with Crippen LogP contribution in [-0.2, 0) is 17.9 Å². The lowest BCUT2D eigenvalue weighted by molar-refractivity contribution is 0.0606. The Hall–Kier alpha value is -1.63. The van der Waals surface area contributed by atoms with Gasteiger partial charge < -0.3 is 15.2 Å². The Morgan fingerprint density at radius 3 is 2.95 bits per heavy atom. The number of nitrogens with one attached hydrogen (secondary N) is 1. The maximum atomic E-state index is 11.4. The number of halogens is 1. The second-order valence-corrected chi connectivity index (χ2v) is 5.32. The molecule has 0 aliphatic carbocycles. The van der Waals surface area contributed by atoms with E-state index in [1.165, 1.54) is 7.11 Å². The summed E-state index contributed by atoms with van der Waals surface area (Å²) < 4.78 is 4.61. The molecule has 20 heavy (non-hydrogen) atoms. The fourth-order valence-corrected chi connectivity index (χ4v) is 2.71. The van der Waals surface area contributed by atoms with Gasteiger partial charge in [0.05, 0.1) is 13.7 Å². The molecule has 2 aromatic rings. The van der Waals surface area contributed by atoms with Crippen molar-refractivity contribution in [3.63, 3.8) is 0 Å². The molecule has 1 heterocycles. The van der Waals surface area contributed by atoms with Crippen LogP contribution in [0, 0.1) is 0 Å². The zero-order valence-electron chi connectivity index (χ0n) is 10.7. The first-order chi connectivity index (χ1) is 9.63. The van der Waals surface area contributed by atoms with E-state index in [1.807, 2.05) is 24.3 Å². The Morgan fingerprint density at radius 2 is 2.25 bits per heavy atom. The minimum Gasteiger partial charge on any atom is -0.465 e. The molecule has 5 nitrogen and oxygen atoms in total. The second kappa shape index (κ2) is 6.69. The fraction of sp³-hybridized carbons (Fsp3) is 0.231. The molecule has 0 atom stereocenters. The Balaban J connectivity index is 2.05. The number of ether oxygens (including phenoxy) is 1. The van der Waals surface area contributed by atoms with Crippen molar-refractivity contribution < 1.29 is 14.6 Å². The summed E-state index contributed by atoms with van der Waals surface area (Å²) in [5.74, 6) is -0.497. The van der Waals surface area contributed by atoms with Gasteiger partial charge in [0.2, 0.25) is 0 Å². The Labute approximate surface area is 125 Å². The molecule has 0 saturated heterocycles. The lowest BCUT2D eigenvalue weighted by Crippen LogP contribution is -1.99. The molecule has 0 unspecified atom stereocenters. The number of aromatic nitrogens is 1. The Bertz CT molecular complexity index is 615. The fourth-order valence-electron chi connectivity index (χ4n) is 1.61. The van der Waals surface area contributed by atoms with Crippen LogP contribution in [0.3, 0.4) is 0 Å². The van der Waals surface area contributed by atoms with E-state index in [9.17, 15) is 4.79 Å². The largest absolute Gasteiger partial charge is 0.465 e. The predicted octanol–water partition coefficient (Wildman–Crippen LogP) is 2.69. The van der Waals surface area contributed by atoms with E-state index < -0.39 is 5.97 Å². The van der Waals surface area contributed by atoms with E-state index in [1.54, 1.807) is 0 Å². The quantitative estimate of drug-likeness (QED) is 0.831. The van der Waals surface area contributed by atoms with E-state index in [2.05, 4.69) is 15.0 Å². The number of carbonyl (C=O) groups is 1. The first-order valence-electron chi connectivity index (χ1n) is 5.81. The number of anilines is 1. The number of hydrogen-bond acceptors (Lipinski definition) is 6. The minimum absolute atomic E-state index is 0.00338. The maximum Gasteiger partial charge on any atom is 0.351 e. The highest BCUT2D eigenvalue weighted by molar-refractivity contribution is 7.18. The predicted molar refractivity (Wildman–Crippen MR) is 78.2 cm³/mol. The van der Waals surface area contributed by atoms with Gasteiger partial charge in [0.1, 0.15) is 0 Å². The molecule has 0 aliphatic rings. The number of nitrogens with zero attached hydrogens (tertiary/aromatic N) is 1. The van der Waals surface area contributed by atoms with Gasteiger partial charge in [0.25, 0.3) is 0 Å². The Morgan fingerprint density at radius 1 is 1.50 bits per heavy atom. The smallest absolute Gasteiger partial charge is 0.351 e. The van der Waals surface area contributed by atoms with Gasteiger partial charge in [0.15, 0.2) is 15.2 Å². The average Bonchev–Trinajstić information content (AvgIpc) is 2.85. The molecule has 7 heteroatoms. The van der Waals surface area contributed by atoms with Crippen molar-refractivity contribution in [2.45, 2.75) is 13.2 Å². The zero-order valence-corrected chi connectivity index (χ0v) is 12.3. The molecule has 1 aromatic carbocycles. The highest BCUT2D eigenvalue weighted by atomic mass is 35.5. The monoisotopic (exact) mass is 312 g/mol. The number of carbonyl (C=O) groups excluding carboxylic acids is 1. The molecule has 0 amide bonds. The number of rotatable bonds is 5. The van der Waals surface area contributed by atoms with E-state index in [-0.39, 0.29) is 16.6 Å². The summed E-state index contributed by atoms with van der Waals surface area (Å²) in [5, 5.41) is 12.8. The molecule has 0 fully saturated rings. The van der Waals surface area contributed by atoms with Crippen LogP contribution in [0.25, 0.3) is 0 Å². The number of methoxy groups -OCH3 is 1. The molecule has 1 aromatic heterocycles. The van der Waals surface area contributed by atoms with Crippen LogP contribution in [0.5, 0.6) is 0 Å². The van der Waals surface area contributed by atoms with Crippen LogP contribution in [0.15, 0.2) is 24.3 Å². The molecule has 0 bridgehead atoms. The van der Waals surface area contributed by atoms with Crippen molar-refractivity contribution in [3.8, 4) is 0 Å². The maximum absolute atomic E-state index is 11.4. The van der Waals surface area contributed by atoms with Crippen LogP contribution in [0.1, 0.15) is 20.8 Å². The van der Waals surface area contributed by atoms with Gasteiger partial charge in [-0.25, -0.2) is 9.78 Å². The van der Waals surface area contributed by atoms with Crippen molar-refractivity contribution in [1.82, 2.24) is 4.98 Å². The highest BCUT2D eigenvalue weighted by Crippen LogP contribution is 2.27. The van der Waals surface area contributed by atoms with Gasteiger partial charge in [-0.05, 0) is 11.1 Å². The standard InChI is InChI=1S/C13H13ClN2O3S/c1-19-12(18)10-11(14)16-13(20-10)15-6-8-3-2-4-9(5-8)7-17/h2-5,17H,6-7H2,1H3,(H,15,16). The van der Waals surface area contributed by atoms with Crippen LogP contribution in [-0.4, -0.2) is 23.2 Å². The number of aliphatic hydroxyl groups is 1. The summed E-state index contributed by atoms with van der Waals surface area (Å²) >= 11 is 7.02.